The van der Waals surface area contributed by atoms with E-state index in [1.807, 2.05) is 0 Å². The molecule has 0 bridgehead atoms. The maximum atomic E-state index is 2.27. The summed E-state index contributed by atoms with van der Waals surface area (Å²) in [6.45, 7) is 6.76. The van der Waals surface area contributed by atoms with Crippen molar-refractivity contribution >= 4 is 10.2 Å². The van der Waals surface area contributed by atoms with Crippen molar-refractivity contribution in [2.75, 3.05) is 0 Å². The van der Waals surface area contributed by atoms with Crippen LogP contribution in [0.5, 0.6) is 0 Å². The van der Waals surface area contributed by atoms with E-state index >= 15 is 0 Å². The summed E-state index contributed by atoms with van der Waals surface area (Å²) in [4.78, 5) is 0. The Morgan fingerprint density at radius 3 is 1.58 bits per heavy atom. The molecule has 0 saturated heterocycles. The molecule has 1 unspecified atom stereocenters. The number of halogens is 2. The van der Waals surface area contributed by atoms with Gasteiger partial charge in [-0.05, 0) is 0 Å². The van der Waals surface area contributed by atoms with Gasteiger partial charge in [0, 0.05) is 0 Å². The summed E-state index contributed by atoms with van der Waals surface area (Å²) in [6.07, 6.45) is 0. The van der Waals surface area contributed by atoms with E-state index in [9.17, 15) is 0 Å². The molecule has 0 aromatic rings. The van der Waals surface area contributed by atoms with Crippen LogP contribution in [0.4, 0.5) is 0 Å². The molecule has 0 radical (unpaired) electrons. The fourth-order valence-corrected chi connectivity index (χ4v) is 2.86. The van der Waals surface area contributed by atoms with Gasteiger partial charge in [-0.25, -0.2) is 0 Å². The van der Waals surface area contributed by atoms with E-state index in [4.69, 9.17) is 0 Å². The van der Waals surface area contributed by atoms with Crippen LogP contribution < -0.4 is 24.8 Å². The Kier molecular flexibility index (Phi) is 7.30. The second kappa shape index (κ2) is 5.66. The van der Waals surface area contributed by atoms with Crippen molar-refractivity contribution in [2.24, 2.45) is 0 Å². The minimum Gasteiger partial charge on any atom is -1.00 e. The Balaban J connectivity index is 0. The number of hydrogen-bond donors (Lipinski definition) is 0. The first-order valence-corrected chi connectivity index (χ1v) is 5.59. The maximum Gasteiger partial charge on any atom is -1.00 e. The SMILES string of the molecule is CC1=C(C)C([SiH3])[C]([Ti+2])=C1C.[Cl-].[Cl-]. The van der Waals surface area contributed by atoms with Crippen LogP contribution in [-0.4, -0.2) is 10.2 Å². The third-order valence-corrected chi connectivity index (χ3v) is 6.25. The fraction of sp³-hybridized carbons (Fsp3) is 0.500. The topological polar surface area (TPSA) is 0 Å². The van der Waals surface area contributed by atoms with Gasteiger partial charge >= 0.3 is 77.6 Å². The molecule has 1 rings (SSSR count). The summed E-state index contributed by atoms with van der Waals surface area (Å²) < 4.78 is 1.61. The molecule has 0 aliphatic heterocycles. The maximum absolute atomic E-state index is 2.27. The molecule has 0 aromatic heterocycles. The van der Waals surface area contributed by atoms with Crippen LogP contribution in [0.25, 0.3) is 0 Å². The van der Waals surface area contributed by atoms with Crippen molar-refractivity contribution in [3.63, 3.8) is 0 Å². The molecule has 0 spiro atoms. The van der Waals surface area contributed by atoms with Gasteiger partial charge in [0.2, 0.25) is 0 Å². The van der Waals surface area contributed by atoms with E-state index in [0.717, 1.165) is 5.54 Å². The molecular formula is C8H13Cl2SiTi. The number of rotatable bonds is 0. The number of hydrogen-bond acceptors (Lipinski definition) is 0. The zero-order valence-corrected chi connectivity index (χ0v) is 12.9. The van der Waals surface area contributed by atoms with Gasteiger partial charge in [0.05, 0.1) is 0 Å². The Bertz CT molecular complexity index is 209. The van der Waals surface area contributed by atoms with Gasteiger partial charge in [-0.15, -0.1) is 0 Å². The molecule has 0 nitrogen and oxygen atoms in total. The predicted molar refractivity (Wildman–Crippen MR) is 44.8 cm³/mol. The van der Waals surface area contributed by atoms with Crippen LogP contribution >= 0.6 is 0 Å². The van der Waals surface area contributed by atoms with Crippen LogP contribution in [0, 0.1) is 0 Å². The minimum absolute atomic E-state index is 0. The minimum atomic E-state index is 0. The van der Waals surface area contributed by atoms with Crippen molar-refractivity contribution < 1.29 is 45.2 Å². The summed E-state index contributed by atoms with van der Waals surface area (Å²) >= 11 is 2.27. The van der Waals surface area contributed by atoms with Crippen LogP contribution in [0.15, 0.2) is 20.6 Å². The Hall–Kier alpha value is 0.991. The molecule has 0 aromatic carbocycles. The van der Waals surface area contributed by atoms with E-state index in [1.165, 1.54) is 21.4 Å². The van der Waals surface area contributed by atoms with E-state index in [-0.39, 0.29) is 24.8 Å². The molecule has 0 saturated carbocycles. The molecule has 4 heteroatoms. The molecule has 0 fully saturated rings. The average Bonchev–Trinajstić information content (AvgIpc) is 2.07. The van der Waals surface area contributed by atoms with Gasteiger partial charge in [-0.3, -0.25) is 0 Å². The molecule has 0 N–H and O–H groups in total. The molecule has 1 aliphatic carbocycles. The summed E-state index contributed by atoms with van der Waals surface area (Å²) in [5, 5.41) is 0. The standard InChI is InChI=1S/C8H13Si.2ClH.Ti/c1-5-4-8(9)7(3)6(5)2;;;/h8H,1-3,9H3;2*1H;/q;;;+2/p-2. The summed E-state index contributed by atoms with van der Waals surface area (Å²) in [5.41, 5.74) is 5.52. The molecule has 1 aliphatic rings. The zero-order valence-electron chi connectivity index (χ0n) is 7.83. The first-order valence-electron chi connectivity index (χ1n) is 3.65. The normalized spacial score (nSPS) is 22.6. The van der Waals surface area contributed by atoms with Gasteiger partial charge in [0.15, 0.2) is 0 Å². The quantitative estimate of drug-likeness (QED) is 0.382. The van der Waals surface area contributed by atoms with Crippen LogP contribution in [-0.2, 0) is 20.4 Å². The molecule has 0 heterocycles. The molecule has 1 atom stereocenters. The van der Waals surface area contributed by atoms with Crippen LogP contribution in [0.3, 0.4) is 0 Å². The number of allylic oxidation sites excluding steroid dienone is 4. The Labute approximate surface area is 102 Å². The van der Waals surface area contributed by atoms with Crippen molar-refractivity contribution in [1.82, 2.24) is 0 Å². The molecule has 12 heavy (non-hydrogen) atoms. The van der Waals surface area contributed by atoms with E-state index in [2.05, 4.69) is 41.2 Å². The van der Waals surface area contributed by atoms with E-state index < -0.39 is 0 Å². The van der Waals surface area contributed by atoms with Crippen LogP contribution in [0.1, 0.15) is 20.8 Å². The van der Waals surface area contributed by atoms with Gasteiger partial charge in [-0.2, -0.15) is 0 Å². The van der Waals surface area contributed by atoms with Crippen molar-refractivity contribution in [1.29, 1.82) is 0 Å². The molecule has 0 amide bonds. The molecular weight excluding hydrogens is 243 g/mol. The van der Waals surface area contributed by atoms with E-state index in [0.29, 0.717) is 0 Å². The second-order valence-corrected chi connectivity index (χ2v) is 5.06. The van der Waals surface area contributed by atoms with Gasteiger partial charge < -0.3 is 24.8 Å². The van der Waals surface area contributed by atoms with Gasteiger partial charge in [0.1, 0.15) is 0 Å². The molecule has 67 valence electrons. The third kappa shape index (κ3) is 2.49. The zero-order chi connectivity index (χ0) is 7.89. The summed E-state index contributed by atoms with van der Waals surface area (Å²) in [7, 11) is 1.28. The Morgan fingerprint density at radius 1 is 1.08 bits per heavy atom. The predicted octanol–water partition coefficient (Wildman–Crippen LogP) is -4.68. The first kappa shape index (κ1) is 15.5. The van der Waals surface area contributed by atoms with Crippen molar-refractivity contribution in [2.45, 2.75) is 26.3 Å². The second-order valence-electron chi connectivity index (χ2n) is 3.07. The Morgan fingerprint density at radius 2 is 1.50 bits per heavy atom. The third-order valence-electron chi connectivity index (χ3n) is 2.64. The van der Waals surface area contributed by atoms with Gasteiger partial charge in [0.25, 0.3) is 0 Å². The fourth-order valence-electron chi connectivity index (χ4n) is 1.36. The van der Waals surface area contributed by atoms with E-state index in [1.54, 1.807) is 9.45 Å². The van der Waals surface area contributed by atoms with Gasteiger partial charge in [-0.1, -0.05) is 0 Å². The van der Waals surface area contributed by atoms with Crippen molar-refractivity contribution in [3.05, 3.63) is 20.6 Å². The monoisotopic (exact) mass is 255 g/mol. The largest absolute Gasteiger partial charge is 1.00 e. The smallest absolute Gasteiger partial charge is 1.00 e. The average molecular weight is 256 g/mol. The van der Waals surface area contributed by atoms with Crippen LogP contribution in [0.2, 0.25) is 5.54 Å². The summed E-state index contributed by atoms with van der Waals surface area (Å²) in [6, 6.07) is 0. The van der Waals surface area contributed by atoms with Crippen molar-refractivity contribution in [3.8, 4) is 0 Å². The first-order chi connectivity index (χ1) is 4.55. The summed E-state index contributed by atoms with van der Waals surface area (Å²) in [5.74, 6) is 0.